The van der Waals surface area contributed by atoms with Gasteiger partial charge in [0.1, 0.15) is 30.8 Å². The van der Waals surface area contributed by atoms with Gasteiger partial charge >= 0.3 is 5.97 Å². The van der Waals surface area contributed by atoms with E-state index >= 15 is 0 Å². The normalized spacial score (nSPS) is 11.6. The Bertz CT molecular complexity index is 1210. The minimum Gasteiger partial charge on any atom is -0.507 e. The van der Waals surface area contributed by atoms with Crippen LogP contribution in [0.4, 0.5) is 0 Å². The van der Waals surface area contributed by atoms with E-state index in [1.807, 2.05) is 60.7 Å². The highest BCUT2D eigenvalue weighted by Crippen LogP contribution is 2.32. The zero-order valence-electron chi connectivity index (χ0n) is 18.5. The molecular formula is C26H23N3O5. The second kappa shape index (κ2) is 10.5. The van der Waals surface area contributed by atoms with Gasteiger partial charge in [-0.15, -0.1) is 0 Å². The van der Waals surface area contributed by atoms with Gasteiger partial charge in [-0.25, -0.2) is 15.0 Å². The number of hydrogen-bond donors (Lipinski definition) is 2. The second-order valence-electron chi connectivity index (χ2n) is 7.48. The summed E-state index contributed by atoms with van der Waals surface area (Å²) in [5.74, 6) is 1.05. The van der Waals surface area contributed by atoms with Crippen molar-refractivity contribution in [3.8, 4) is 45.7 Å². The molecule has 8 nitrogen and oxygen atoms in total. The largest absolute Gasteiger partial charge is 0.507 e. The van der Waals surface area contributed by atoms with Crippen LogP contribution in [-0.2, 0) is 9.53 Å². The van der Waals surface area contributed by atoms with Gasteiger partial charge in [-0.3, -0.25) is 4.79 Å². The van der Waals surface area contributed by atoms with Gasteiger partial charge in [0.2, 0.25) is 0 Å². The summed E-state index contributed by atoms with van der Waals surface area (Å²) in [4.78, 5) is 24.7. The maximum Gasteiger partial charge on any atom is 0.302 e. The molecule has 172 valence electrons. The number of phenolic OH excluding ortho intramolecular Hbond substituents is 1. The van der Waals surface area contributed by atoms with Gasteiger partial charge in [0.15, 0.2) is 17.5 Å². The van der Waals surface area contributed by atoms with Gasteiger partial charge in [-0.1, -0.05) is 60.7 Å². The number of hydrogen-bond acceptors (Lipinski definition) is 8. The first-order valence-electron chi connectivity index (χ1n) is 10.6. The molecule has 0 aliphatic heterocycles. The fraction of sp³-hybridized carbons (Fsp3) is 0.154. The van der Waals surface area contributed by atoms with Crippen LogP contribution in [0.5, 0.6) is 11.5 Å². The van der Waals surface area contributed by atoms with E-state index in [0.717, 1.165) is 11.1 Å². The van der Waals surface area contributed by atoms with E-state index in [-0.39, 0.29) is 19.0 Å². The molecule has 34 heavy (non-hydrogen) atoms. The van der Waals surface area contributed by atoms with Gasteiger partial charge in [0.25, 0.3) is 0 Å². The van der Waals surface area contributed by atoms with Crippen molar-refractivity contribution in [1.82, 2.24) is 15.0 Å². The van der Waals surface area contributed by atoms with E-state index in [4.69, 9.17) is 9.47 Å². The molecule has 0 saturated carbocycles. The number of aromatic hydroxyl groups is 1. The number of nitrogens with zero attached hydrogens (tertiary/aromatic N) is 3. The molecule has 8 heteroatoms. The fourth-order valence-electron chi connectivity index (χ4n) is 3.17. The van der Waals surface area contributed by atoms with E-state index in [9.17, 15) is 15.0 Å². The third-order valence-electron chi connectivity index (χ3n) is 4.83. The molecule has 0 aliphatic carbocycles. The third-order valence-corrected chi connectivity index (χ3v) is 4.83. The molecule has 0 aliphatic rings. The fourth-order valence-corrected chi connectivity index (χ4v) is 3.17. The number of carbonyl (C=O) groups excluding carboxylic acids is 1. The first kappa shape index (κ1) is 22.9. The molecule has 0 bridgehead atoms. The minimum absolute atomic E-state index is 0.0869. The monoisotopic (exact) mass is 457 g/mol. The Kier molecular flexibility index (Phi) is 7.10. The molecule has 4 rings (SSSR count). The molecule has 0 radical (unpaired) electrons. The average Bonchev–Trinajstić information content (AvgIpc) is 2.87. The highest BCUT2D eigenvalue weighted by molar-refractivity contribution is 5.70. The molecule has 1 atom stereocenters. The lowest BCUT2D eigenvalue weighted by Gasteiger charge is -2.13. The highest BCUT2D eigenvalue weighted by atomic mass is 16.5. The van der Waals surface area contributed by atoms with E-state index in [1.165, 1.54) is 13.0 Å². The van der Waals surface area contributed by atoms with Crippen molar-refractivity contribution in [2.75, 3.05) is 13.2 Å². The van der Waals surface area contributed by atoms with E-state index < -0.39 is 12.1 Å². The standard InChI is InChI=1S/C26H23N3O5/c1-17(30)33-15-20(31)16-34-21-12-13-22(23(32)14-21)26-28-24(18-8-4-2-5-9-18)27-25(29-26)19-10-6-3-7-11-19/h2-14,20,31-32H,15-16H2,1H3. The summed E-state index contributed by atoms with van der Waals surface area (Å²) in [6.07, 6.45) is -0.990. The highest BCUT2D eigenvalue weighted by Gasteiger charge is 2.16. The quantitative estimate of drug-likeness (QED) is 0.383. The van der Waals surface area contributed by atoms with E-state index in [2.05, 4.69) is 15.0 Å². The van der Waals surface area contributed by atoms with Crippen molar-refractivity contribution in [2.45, 2.75) is 13.0 Å². The summed E-state index contributed by atoms with van der Waals surface area (Å²) in [5, 5.41) is 20.5. The van der Waals surface area contributed by atoms with Crippen LogP contribution in [-0.4, -0.2) is 50.5 Å². The molecule has 0 amide bonds. The Balaban J connectivity index is 1.63. The summed E-state index contributed by atoms with van der Waals surface area (Å²) in [5.41, 5.74) is 2.05. The van der Waals surface area contributed by atoms with Gasteiger partial charge in [-0.2, -0.15) is 0 Å². The molecule has 1 aromatic heterocycles. The zero-order valence-corrected chi connectivity index (χ0v) is 18.5. The van der Waals surface area contributed by atoms with Crippen LogP contribution in [0.2, 0.25) is 0 Å². The van der Waals surface area contributed by atoms with Crippen molar-refractivity contribution in [1.29, 1.82) is 0 Å². The van der Waals surface area contributed by atoms with Crippen LogP contribution in [0.15, 0.2) is 78.9 Å². The first-order valence-corrected chi connectivity index (χ1v) is 10.6. The number of phenols is 1. The maximum absolute atomic E-state index is 10.8. The van der Waals surface area contributed by atoms with Crippen LogP contribution in [0.1, 0.15) is 6.92 Å². The van der Waals surface area contributed by atoms with Gasteiger partial charge in [0.05, 0.1) is 5.56 Å². The number of carbonyl (C=O) groups is 1. The minimum atomic E-state index is -0.990. The number of esters is 1. The molecule has 4 aromatic rings. The van der Waals surface area contributed by atoms with Crippen molar-refractivity contribution in [3.05, 3.63) is 78.9 Å². The molecule has 0 spiro atoms. The lowest BCUT2D eigenvalue weighted by atomic mass is 10.1. The topological polar surface area (TPSA) is 115 Å². The Labute approximate surface area is 196 Å². The third kappa shape index (κ3) is 5.73. The summed E-state index contributed by atoms with van der Waals surface area (Å²) >= 11 is 0. The maximum atomic E-state index is 10.8. The number of benzene rings is 3. The predicted molar refractivity (Wildman–Crippen MR) is 126 cm³/mol. The number of aliphatic hydroxyl groups is 1. The first-order chi connectivity index (χ1) is 16.5. The Hall–Kier alpha value is -4.30. The summed E-state index contributed by atoms with van der Waals surface area (Å²) in [7, 11) is 0. The molecule has 1 unspecified atom stereocenters. The van der Waals surface area contributed by atoms with Crippen molar-refractivity contribution in [3.63, 3.8) is 0 Å². The van der Waals surface area contributed by atoms with Gasteiger partial charge in [0, 0.05) is 24.1 Å². The average molecular weight is 457 g/mol. The number of aromatic nitrogens is 3. The molecule has 0 saturated heterocycles. The Morgan fingerprint density at radius 2 is 1.38 bits per heavy atom. The van der Waals surface area contributed by atoms with Crippen LogP contribution in [0, 0.1) is 0 Å². The van der Waals surface area contributed by atoms with Crippen LogP contribution >= 0.6 is 0 Å². The van der Waals surface area contributed by atoms with Gasteiger partial charge in [-0.05, 0) is 12.1 Å². The number of aliphatic hydroxyl groups excluding tert-OH is 1. The molecule has 0 fully saturated rings. The molecular weight excluding hydrogens is 434 g/mol. The summed E-state index contributed by atoms with van der Waals surface area (Å²) in [6, 6.07) is 23.8. The predicted octanol–water partition coefficient (Wildman–Crippen LogP) is 3.88. The van der Waals surface area contributed by atoms with Crippen LogP contribution < -0.4 is 4.74 Å². The SMILES string of the molecule is CC(=O)OCC(O)COc1ccc(-c2nc(-c3ccccc3)nc(-c3ccccc3)n2)c(O)c1. The van der Waals surface area contributed by atoms with Crippen molar-refractivity contribution >= 4 is 5.97 Å². The van der Waals surface area contributed by atoms with Crippen LogP contribution in [0.3, 0.4) is 0 Å². The smallest absolute Gasteiger partial charge is 0.302 e. The Morgan fingerprint density at radius 3 is 1.91 bits per heavy atom. The van der Waals surface area contributed by atoms with Crippen LogP contribution in [0.25, 0.3) is 34.2 Å². The van der Waals surface area contributed by atoms with Crippen molar-refractivity contribution in [2.24, 2.45) is 0 Å². The number of rotatable bonds is 8. The Morgan fingerprint density at radius 1 is 0.824 bits per heavy atom. The summed E-state index contributed by atoms with van der Waals surface area (Å²) < 4.78 is 10.3. The van der Waals surface area contributed by atoms with E-state index in [0.29, 0.717) is 28.8 Å². The second-order valence-corrected chi connectivity index (χ2v) is 7.48. The molecule has 1 heterocycles. The molecule has 2 N–H and O–H groups in total. The van der Waals surface area contributed by atoms with Crippen molar-refractivity contribution < 1.29 is 24.5 Å². The lowest BCUT2D eigenvalue weighted by Crippen LogP contribution is -2.24. The molecule has 3 aromatic carbocycles. The zero-order chi connectivity index (χ0) is 23.9. The van der Waals surface area contributed by atoms with Gasteiger partial charge < -0.3 is 19.7 Å². The lowest BCUT2D eigenvalue weighted by molar-refractivity contribution is -0.144. The summed E-state index contributed by atoms with van der Waals surface area (Å²) in [6.45, 7) is 0.987. The van der Waals surface area contributed by atoms with E-state index in [1.54, 1.807) is 12.1 Å². The number of ether oxygens (including phenoxy) is 2.